The average molecular weight is 716 g/mol. The highest BCUT2D eigenvalue weighted by atomic mass is 15.0. The molecule has 11 aromatic rings. The molecule has 264 valence electrons. The number of para-hydroxylation sites is 3. The Hall–Kier alpha value is -7.10. The van der Waals surface area contributed by atoms with Gasteiger partial charge in [0, 0.05) is 54.8 Å². The Labute approximate surface area is 324 Å². The lowest BCUT2D eigenvalue weighted by molar-refractivity contribution is 0.735. The Balaban J connectivity index is 1.05. The quantitative estimate of drug-likeness (QED) is 0.172. The number of hydrogen-bond donors (Lipinski definition) is 0. The van der Waals surface area contributed by atoms with Gasteiger partial charge in [0.2, 0.25) is 0 Å². The van der Waals surface area contributed by atoms with Crippen molar-refractivity contribution < 1.29 is 0 Å². The fourth-order valence-electron chi connectivity index (χ4n) is 9.50. The van der Waals surface area contributed by atoms with Gasteiger partial charge in [0.15, 0.2) is 0 Å². The zero-order valence-electron chi connectivity index (χ0n) is 31.0. The van der Waals surface area contributed by atoms with Crippen LogP contribution in [-0.2, 0) is 0 Å². The van der Waals surface area contributed by atoms with Gasteiger partial charge in [-0.15, -0.1) is 0 Å². The van der Waals surface area contributed by atoms with E-state index in [0.29, 0.717) is 5.92 Å². The maximum absolute atomic E-state index is 2.49. The summed E-state index contributed by atoms with van der Waals surface area (Å²) < 4.78 is 7.33. The first-order chi connectivity index (χ1) is 27.7. The molecule has 0 saturated heterocycles. The molecule has 0 spiro atoms. The van der Waals surface area contributed by atoms with E-state index in [1.807, 2.05) is 0 Å². The highest BCUT2D eigenvalue weighted by molar-refractivity contribution is 6.20. The number of aromatic nitrogens is 3. The van der Waals surface area contributed by atoms with Gasteiger partial charge >= 0.3 is 0 Å². The van der Waals surface area contributed by atoms with Crippen LogP contribution < -0.4 is 0 Å². The summed E-state index contributed by atoms with van der Waals surface area (Å²) in [6.45, 7) is 2.29. The monoisotopic (exact) mass is 715 g/mol. The second-order valence-electron chi connectivity index (χ2n) is 15.4. The predicted molar refractivity (Wildman–Crippen MR) is 238 cm³/mol. The highest BCUT2D eigenvalue weighted by Crippen LogP contribution is 2.42. The van der Waals surface area contributed by atoms with E-state index < -0.39 is 0 Å². The van der Waals surface area contributed by atoms with Crippen LogP contribution in [0.2, 0.25) is 0 Å². The topological polar surface area (TPSA) is 14.8 Å². The molecule has 1 aliphatic rings. The Morgan fingerprint density at radius 2 is 0.964 bits per heavy atom. The summed E-state index contributed by atoms with van der Waals surface area (Å²) in [5.41, 5.74) is 13.4. The second kappa shape index (κ2) is 11.9. The molecule has 0 amide bonds. The minimum absolute atomic E-state index is 0.551. The van der Waals surface area contributed by atoms with Crippen molar-refractivity contribution in [2.24, 2.45) is 5.92 Å². The van der Waals surface area contributed by atoms with E-state index in [1.165, 1.54) is 104 Å². The van der Waals surface area contributed by atoms with E-state index in [1.54, 1.807) is 0 Å². The molecule has 0 fully saturated rings. The zero-order chi connectivity index (χ0) is 36.9. The van der Waals surface area contributed by atoms with Crippen LogP contribution in [-0.4, -0.2) is 13.7 Å². The van der Waals surface area contributed by atoms with Crippen LogP contribution in [0, 0.1) is 5.92 Å². The summed E-state index contributed by atoms with van der Waals surface area (Å²) in [4.78, 5) is 0. The molecule has 3 heteroatoms. The Morgan fingerprint density at radius 1 is 0.411 bits per heavy atom. The Kier molecular flexibility index (Phi) is 6.67. The van der Waals surface area contributed by atoms with Gasteiger partial charge in [-0.25, -0.2) is 0 Å². The molecule has 56 heavy (non-hydrogen) atoms. The molecule has 8 aromatic carbocycles. The first kappa shape index (κ1) is 31.3. The van der Waals surface area contributed by atoms with Gasteiger partial charge in [0.25, 0.3) is 0 Å². The van der Waals surface area contributed by atoms with Crippen LogP contribution in [0.4, 0.5) is 0 Å². The fraction of sp³-hybridized carbons (Fsp3) is 0.0566. The molecule has 0 N–H and O–H groups in total. The third-order valence-corrected chi connectivity index (χ3v) is 12.1. The summed E-state index contributed by atoms with van der Waals surface area (Å²) in [5.74, 6) is 0.551. The molecule has 1 unspecified atom stereocenters. The maximum Gasteiger partial charge on any atom is 0.0619 e. The zero-order valence-corrected chi connectivity index (χ0v) is 31.0. The lowest BCUT2D eigenvalue weighted by Crippen LogP contribution is -2.01. The van der Waals surface area contributed by atoms with E-state index in [4.69, 9.17) is 0 Å². The van der Waals surface area contributed by atoms with Crippen molar-refractivity contribution in [3.05, 3.63) is 188 Å². The van der Waals surface area contributed by atoms with Crippen LogP contribution >= 0.6 is 0 Å². The van der Waals surface area contributed by atoms with Crippen molar-refractivity contribution >= 4 is 81.9 Å². The smallest absolute Gasteiger partial charge is 0.0619 e. The van der Waals surface area contributed by atoms with Crippen LogP contribution in [0.25, 0.3) is 104 Å². The molecular formula is C53H37N3. The van der Waals surface area contributed by atoms with Gasteiger partial charge in [-0.3, -0.25) is 0 Å². The largest absolute Gasteiger partial charge is 0.309 e. The van der Waals surface area contributed by atoms with Gasteiger partial charge in [0.05, 0.1) is 33.1 Å². The van der Waals surface area contributed by atoms with Gasteiger partial charge in [0.1, 0.15) is 0 Å². The molecule has 0 saturated carbocycles. The molecular weight excluding hydrogens is 679 g/mol. The number of fused-ring (bicyclic) bond motifs is 11. The third-order valence-electron chi connectivity index (χ3n) is 12.1. The minimum Gasteiger partial charge on any atom is -0.309 e. The molecule has 12 rings (SSSR count). The van der Waals surface area contributed by atoms with E-state index in [0.717, 1.165) is 6.42 Å². The average Bonchev–Trinajstić information content (AvgIpc) is 3.89. The van der Waals surface area contributed by atoms with Crippen molar-refractivity contribution in [3.8, 4) is 22.5 Å². The molecule has 3 aromatic heterocycles. The normalized spacial score (nSPS) is 14.7. The van der Waals surface area contributed by atoms with Gasteiger partial charge in [-0.05, 0) is 102 Å². The summed E-state index contributed by atoms with van der Waals surface area (Å²) in [7, 11) is 0. The standard InChI is InChI=1S/C53H37N3/c1-34-19-24-39(25-20-34)56-52-30-26-40(33-47(52)44-27-21-35-11-5-6-14-41(35)53(44)56)55-49-18-10-8-16-43(49)46-32-37(23-29-51(46)55)36-22-28-50-45(31-36)42-15-7-9-17-48(42)54(50)38-12-3-2-4-13-38/h2-19,21-34H,20H2,1H3. The fourth-order valence-corrected chi connectivity index (χ4v) is 9.50. The number of benzene rings is 8. The van der Waals surface area contributed by atoms with E-state index in [9.17, 15) is 0 Å². The first-order valence-electron chi connectivity index (χ1n) is 19.7. The third kappa shape index (κ3) is 4.52. The SMILES string of the molecule is CC1C=CC(n2c3ccc(-n4c5ccccc5c5cc(-c6ccc7c(c6)c6ccccc6n7-c6ccccc6)ccc54)cc3c3ccc4ccccc4c32)=CC1. The Morgan fingerprint density at radius 3 is 1.64 bits per heavy atom. The van der Waals surface area contributed by atoms with Crippen LogP contribution in [0.15, 0.2) is 188 Å². The van der Waals surface area contributed by atoms with Crippen molar-refractivity contribution in [2.75, 3.05) is 0 Å². The summed E-state index contributed by atoms with van der Waals surface area (Å²) in [6.07, 6.45) is 8.11. The van der Waals surface area contributed by atoms with Gasteiger partial charge < -0.3 is 13.7 Å². The molecule has 1 atom stereocenters. The van der Waals surface area contributed by atoms with Crippen LogP contribution in [0.3, 0.4) is 0 Å². The van der Waals surface area contributed by atoms with E-state index >= 15 is 0 Å². The highest BCUT2D eigenvalue weighted by Gasteiger charge is 2.20. The summed E-state index contributed by atoms with van der Waals surface area (Å²) in [5, 5.41) is 10.1. The second-order valence-corrected chi connectivity index (χ2v) is 15.4. The van der Waals surface area contributed by atoms with Crippen molar-refractivity contribution in [1.82, 2.24) is 13.7 Å². The van der Waals surface area contributed by atoms with Crippen molar-refractivity contribution in [2.45, 2.75) is 13.3 Å². The molecule has 0 radical (unpaired) electrons. The van der Waals surface area contributed by atoms with Gasteiger partial charge in [-0.1, -0.05) is 122 Å². The number of nitrogens with zero attached hydrogens (tertiary/aromatic N) is 3. The minimum atomic E-state index is 0.551. The molecule has 0 bridgehead atoms. The molecule has 3 heterocycles. The van der Waals surface area contributed by atoms with Crippen LogP contribution in [0.1, 0.15) is 13.3 Å². The summed E-state index contributed by atoms with van der Waals surface area (Å²) in [6, 6.07) is 62.7. The first-order valence-corrected chi connectivity index (χ1v) is 19.7. The number of allylic oxidation sites excluding steroid dienone is 4. The van der Waals surface area contributed by atoms with E-state index in [2.05, 4.69) is 209 Å². The summed E-state index contributed by atoms with van der Waals surface area (Å²) >= 11 is 0. The lowest BCUT2D eigenvalue weighted by atomic mass is 10.0. The van der Waals surface area contributed by atoms with Crippen LogP contribution in [0.5, 0.6) is 0 Å². The molecule has 1 aliphatic carbocycles. The molecule has 3 nitrogen and oxygen atoms in total. The molecule has 0 aliphatic heterocycles. The maximum atomic E-state index is 2.49. The van der Waals surface area contributed by atoms with Gasteiger partial charge in [-0.2, -0.15) is 0 Å². The Bertz CT molecular complexity index is 3460. The number of rotatable bonds is 4. The number of hydrogen-bond acceptors (Lipinski definition) is 0. The predicted octanol–water partition coefficient (Wildman–Crippen LogP) is 14.2. The lowest BCUT2D eigenvalue weighted by Gasteiger charge is -2.16. The van der Waals surface area contributed by atoms with Crippen molar-refractivity contribution in [1.29, 1.82) is 0 Å². The van der Waals surface area contributed by atoms with E-state index in [-0.39, 0.29) is 0 Å². The van der Waals surface area contributed by atoms with Crippen molar-refractivity contribution in [3.63, 3.8) is 0 Å².